The van der Waals surface area contributed by atoms with E-state index in [1.54, 1.807) is 12.1 Å². The largest absolute Gasteiger partial charge is 0.496 e. The van der Waals surface area contributed by atoms with Crippen LogP contribution >= 0.6 is 0 Å². The lowest BCUT2D eigenvalue weighted by Crippen LogP contribution is -1.98. The smallest absolute Gasteiger partial charge is 0.298 e. The van der Waals surface area contributed by atoms with Crippen molar-refractivity contribution in [1.29, 1.82) is 0 Å². The first-order valence-electron chi connectivity index (χ1n) is 4.17. The Morgan fingerprint density at radius 1 is 1.00 bits per heavy atom. The van der Waals surface area contributed by atoms with Gasteiger partial charge >= 0.3 is 0 Å². The van der Waals surface area contributed by atoms with Crippen molar-refractivity contribution >= 4 is 6.47 Å². The van der Waals surface area contributed by atoms with Gasteiger partial charge in [0.1, 0.15) is 5.75 Å². The van der Waals surface area contributed by atoms with Gasteiger partial charge in [0, 0.05) is 12.1 Å². The molecule has 0 unspecified atom stereocenters. The topological polar surface area (TPSA) is 54.0 Å². The number of hydrogen-bond acceptors (Lipinski definition) is 5. The van der Waals surface area contributed by atoms with E-state index in [9.17, 15) is 4.79 Å². The summed E-state index contributed by atoms with van der Waals surface area (Å²) in [4.78, 5) is 10.3. The van der Waals surface area contributed by atoms with E-state index in [2.05, 4.69) is 0 Å². The van der Waals surface area contributed by atoms with Gasteiger partial charge < -0.3 is 18.9 Å². The first-order valence-corrected chi connectivity index (χ1v) is 4.17. The third-order valence-electron chi connectivity index (χ3n) is 1.84. The lowest BCUT2D eigenvalue weighted by Gasteiger charge is -2.12. The molecule has 82 valence electrons. The van der Waals surface area contributed by atoms with Crippen molar-refractivity contribution in [1.82, 2.24) is 0 Å². The molecule has 0 heterocycles. The molecule has 0 N–H and O–H groups in total. The molecule has 1 rings (SSSR count). The van der Waals surface area contributed by atoms with Crippen molar-refractivity contribution in [2.75, 3.05) is 21.3 Å². The van der Waals surface area contributed by atoms with Gasteiger partial charge in [-0.1, -0.05) is 0 Å². The third-order valence-corrected chi connectivity index (χ3v) is 1.84. The number of benzene rings is 1. The molecule has 0 aliphatic rings. The first kappa shape index (κ1) is 11.2. The number of hydrogen-bond donors (Lipinski definition) is 0. The summed E-state index contributed by atoms with van der Waals surface area (Å²) in [6, 6.07) is 3.20. The minimum absolute atomic E-state index is 0.232. The molecule has 0 atom stereocenters. The molecule has 1 aromatic carbocycles. The van der Waals surface area contributed by atoms with Gasteiger partial charge in [0.15, 0.2) is 11.5 Å². The van der Waals surface area contributed by atoms with Gasteiger partial charge in [-0.15, -0.1) is 0 Å². The maximum absolute atomic E-state index is 10.3. The van der Waals surface area contributed by atoms with Gasteiger partial charge in [0.25, 0.3) is 6.47 Å². The second-order valence-corrected chi connectivity index (χ2v) is 2.58. The van der Waals surface area contributed by atoms with E-state index in [1.807, 2.05) is 0 Å². The Kier molecular flexibility index (Phi) is 3.79. The zero-order valence-corrected chi connectivity index (χ0v) is 8.77. The van der Waals surface area contributed by atoms with Crippen LogP contribution in [0.2, 0.25) is 0 Å². The zero-order valence-electron chi connectivity index (χ0n) is 8.77. The fraction of sp³-hybridized carbons (Fsp3) is 0.300. The molecule has 0 aromatic heterocycles. The van der Waals surface area contributed by atoms with Gasteiger partial charge in [-0.25, -0.2) is 0 Å². The van der Waals surface area contributed by atoms with Gasteiger partial charge in [-0.2, -0.15) is 0 Å². The van der Waals surface area contributed by atoms with Crippen molar-refractivity contribution < 1.29 is 23.7 Å². The van der Waals surface area contributed by atoms with Crippen LogP contribution < -0.4 is 18.9 Å². The number of carbonyl (C=O) groups is 1. The first-order chi connectivity index (χ1) is 7.26. The molecular formula is C10H12O5. The van der Waals surface area contributed by atoms with Crippen molar-refractivity contribution in [3.63, 3.8) is 0 Å². The van der Waals surface area contributed by atoms with E-state index < -0.39 is 0 Å². The highest BCUT2D eigenvalue weighted by atomic mass is 16.6. The summed E-state index contributed by atoms with van der Waals surface area (Å²) in [5, 5.41) is 0. The molecule has 15 heavy (non-hydrogen) atoms. The normalized spacial score (nSPS) is 9.27. The molecule has 0 bridgehead atoms. The minimum Gasteiger partial charge on any atom is -0.496 e. The fourth-order valence-electron chi connectivity index (χ4n) is 1.14. The number of carbonyl (C=O) groups excluding carboxylic acids is 1. The van der Waals surface area contributed by atoms with E-state index >= 15 is 0 Å². The van der Waals surface area contributed by atoms with Crippen LogP contribution in [0.5, 0.6) is 23.0 Å². The van der Waals surface area contributed by atoms with Gasteiger partial charge in [0.2, 0.25) is 5.75 Å². The van der Waals surface area contributed by atoms with Crippen LogP contribution in [0.3, 0.4) is 0 Å². The number of methoxy groups -OCH3 is 3. The van der Waals surface area contributed by atoms with Crippen molar-refractivity contribution in [3.05, 3.63) is 12.1 Å². The van der Waals surface area contributed by atoms with E-state index in [4.69, 9.17) is 18.9 Å². The van der Waals surface area contributed by atoms with Crippen molar-refractivity contribution in [2.45, 2.75) is 0 Å². The second-order valence-electron chi connectivity index (χ2n) is 2.58. The standard InChI is InChI=1S/C10H12O5/c1-12-7-4-8(13-2)10(15-6-11)9(5-7)14-3/h4-6H,1-3H3. The van der Waals surface area contributed by atoms with E-state index in [1.165, 1.54) is 21.3 Å². The number of rotatable bonds is 5. The van der Waals surface area contributed by atoms with Gasteiger partial charge in [-0.05, 0) is 0 Å². The molecule has 0 saturated heterocycles. The Morgan fingerprint density at radius 3 is 1.87 bits per heavy atom. The van der Waals surface area contributed by atoms with Crippen LogP contribution in [0.25, 0.3) is 0 Å². The molecule has 0 aliphatic carbocycles. The molecule has 5 heteroatoms. The third kappa shape index (κ3) is 2.31. The predicted molar refractivity (Wildman–Crippen MR) is 52.8 cm³/mol. The summed E-state index contributed by atoms with van der Waals surface area (Å²) < 4.78 is 19.9. The second kappa shape index (κ2) is 5.09. The Balaban J connectivity index is 3.25. The minimum atomic E-state index is 0.232. The van der Waals surface area contributed by atoms with Crippen LogP contribution in [0.1, 0.15) is 0 Å². The molecule has 1 aromatic rings. The van der Waals surface area contributed by atoms with Crippen LogP contribution in [0.4, 0.5) is 0 Å². The van der Waals surface area contributed by atoms with Crippen LogP contribution in [-0.4, -0.2) is 27.8 Å². The van der Waals surface area contributed by atoms with Crippen LogP contribution in [-0.2, 0) is 4.79 Å². The Morgan fingerprint density at radius 2 is 1.53 bits per heavy atom. The quantitative estimate of drug-likeness (QED) is 0.687. The summed E-state index contributed by atoms with van der Waals surface area (Å²) in [6.45, 7) is 0.312. The van der Waals surface area contributed by atoms with E-state index in [-0.39, 0.29) is 5.75 Å². The zero-order chi connectivity index (χ0) is 11.3. The van der Waals surface area contributed by atoms with Crippen LogP contribution in [0, 0.1) is 0 Å². The molecule has 0 spiro atoms. The highest BCUT2D eigenvalue weighted by molar-refractivity contribution is 5.60. The predicted octanol–water partition coefficient (Wildman–Crippen LogP) is 1.25. The van der Waals surface area contributed by atoms with Gasteiger partial charge in [-0.3, -0.25) is 4.79 Å². The summed E-state index contributed by atoms with van der Waals surface area (Å²) in [5.74, 6) is 1.54. The molecule has 0 saturated carbocycles. The maximum Gasteiger partial charge on any atom is 0.298 e. The Bertz CT molecular complexity index is 323. The van der Waals surface area contributed by atoms with Crippen molar-refractivity contribution in [3.8, 4) is 23.0 Å². The maximum atomic E-state index is 10.3. The average molecular weight is 212 g/mol. The monoisotopic (exact) mass is 212 g/mol. The molecule has 5 nitrogen and oxygen atoms in total. The Hall–Kier alpha value is -1.91. The molecule has 0 amide bonds. The molecule has 0 fully saturated rings. The molecular weight excluding hydrogens is 200 g/mol. The SMILES string of the molecule is COc1cc(OC)c(OC=O)c(OC)c1. The van der Waals surface area contributed by atoms with Crippen LogP contribution in [0.15, 0.2) is 12.1 Å². The van der Waals surface area contributed by atoms with E-state index in [0.717, 1.165) is 0 Å². The Labute approximate surface area is 87.5 Å². The lowest BCUT2D eigenvalue weighted by atomic mass is 10.2. The highest BCUT2D eigenvalue weighted by Crippen LogP contribution is 2.40. The summed E-state index contributed by atoms with van der Waals surface area (Å²) in [6.07, 6.45) is 0. The number of ether oxygens (including phenoxy) is 4. The lowest BCUT2D eigenvalue weighted by molar-refractivity contribution is -0.120. The molecule has 0 aliphatic heterocycles. The van der Waals surface area contributed by atoms with Crippen molar-refractivity contribution in [2.24, 2.45) is 0 Å². The fourth-order valence-corrected chi connectivity index (χ4v) is 1.14. The summed E-state index contributed by atoms with van der Waals surface area (Å²) in [5.41, 5.74) is 0. The highest BCUT2D eigenvalue weighted by Gasteiger charge is 2.14. The summed E-state index contributed by atoms with van der Waals surface area (Å²) >= 11 is 0. The van der Waals surface area contributed by atoms with E-state index in [0.29, 0.717) is 23.7 Å². The van der Waals surface area contributed by atoms with Gasteiger partial charge in [0.05, 0.1) is 21.3 Å². The molecule has 0 radical (unpaired) electrons. The summed E-state index contributed by atoms with van der Waals surface area (Å²) in [7, 11) is 4.45. The average Bonchev–Trinajstić information content (AvgIpc) is 2.29.